The fraction of sp³-hybridized carbons (Fsp3) is 0.421. The van der Waals surface area contributed by atoms with Gasteiger partial charge in [0.2, 0.25) is 5.82 Å². The lowest BCUT2D eigenvalue weighted by Gasteiger charge is -2.46. The van der Waals surface area contributed by atoms with E-state index in [1.54, 1.807) is 0 Å². The molecule has 8 nitrogen and oxygen atoms in total. The highest BCUT2D eigenvalue weighted by Crippen LogP contribution is 2.54. The third kappa shape index (κ3) is 3.36. The van der Waals surface area contributed by atoms with Crippen LogP contribution in [0.1, 0.15) is 13.3 Å². The predicted octanol–water partition coefficient (Wildman–Crippen LogP) is 2.61. The summed E-state index contributed by atoms with van der Waals surface area (Å²) in [6.07, 6.45) is -4.71. The van der Waals surface area contributed by atoms with Crippen molar-refractivity contribution in [1.82, 2.24) is 10.2 Å². The minimum absolute atomic E-state index is 0.170. The molecular weight excluding hydrogens is 443 g/mol. The molecule has 0 bridgehead atoms. The zero-order valence-corrected chi connectivity index (χ0v) is 17.1. The molecule has 3 rings (SSSR count). The number of nitrogens with zero attached hydrogens (tertiary/aromatic N) is 2. The highest BCUT2D eigenvalue weighted by atomic mass is 19.4. The number of benzene rings is 1. The zero-order valence-electron chi connectivity index (χ0n) is 17.1. The molecule has 0 aliphatic carbocycles. The summed E-state index contributed by atoms with van der Waals surface area (Å²) in [5, 5.41) is 7.80. The summed E-state index contributed by atoms with van der Waals surface area (Å²) < 4.78 is 80.9. The Morgan fingerprint density at radius 3 is 2.53 bits per heavy atom. The van der Waals surface area contributed by atoms with Crippen LogP contribution in [0.15, 0.2) is 29.2 Å². The smallest absolute Gasteiger partial charge is 0.420 e. The Hall–Kier alpha value is -3.22. The summed E-state index contributed by atoms with van der Waals surface area (Å²) in [5.74, 6) is -4.59. The SMILES string of the molecule is COc1c(N2CCC(OC)(C(F)(F)F)C2(C)C(=O)Nc2cn[nH]c(=O)c2)ccc(F)c1F. The topological polar surface area (TPSA) is 96.6 Å². The van der Waals surface area contributed by atoms with Crippen molar-refractivity contribution in [3.63, 3.8) is 0 Å². The number of methoxy groups -OCH3 is 2. The molecule has 2 aromatic rings. The second-order valence-corrected chi connectivity index (χ2v) is 7.20. The Balaban J connectivity index is 2.21. The summed E-state index contributed by atoms with van der Waals surface area (Å²) in [5.41, 5.74) is -6.71. The van der Waals surface area contributed by atoms with Gasteiger partial charge in [-0.1, -0.05) is 0 Å². The van der Waals surface area contributed by atoms with Crippen LogP contribution in [0, 0.1) is 11.6 Å². The molecule has 1 aliphatic heterocycles. The van der Waals surface area contributed by atoms with E-state index in [1.807, 2.05) is 0 Å². The highest BCUT2D eigenvalue weighted by Gasteiger charge is 2.74. The Morgan fingerprint density at radius 2 is 1.97 bits per heavy atom. The largest absolute Gasteiger partial charge is 0.491 e. The van der Waals surface area contributed by atoms with Gasteiger partial charge in [-0.3, -0.25) is 9.59 Å². The zero-order chi connectivity index (χ0) is 23.9. The first-order valence-electron chi connectivity index (χ1n) is 9.20. The van der Waals surface area contributed by atoms with E-state index in [0.717, 1.165) is 44.4 Å². The molecule has 32 heavy (non-hydrogen) atoms. The summed E-state index contributed by atoms with van der Waals surface area (Å²) >= 11 is 0. The number of nitrogens with one attached hydrogen (secondary N) is 2. The van der Waals surface area contributed by atoms with Crippen molar-refractivity contribution in [1.29, 1.82) is 0 Å². The molecule has 0 spiro atoms. The van der Waals surface area contributed by atoms with Crippen molar-refractivity contribution >= 4 is 17.3 Å². The summed E-state index contributed by atoms with van der Waals surface area (Å²) in [6, 6.07) is 2.65. The Morgan fingerprint density at radius 1 is 1.28 bits per heavy atom. The quantitative estimate of drug-likeness (QED) is 0.664. The van der Waals surface area contributed by atoms with Crippen LogP contribution >= 0.6 is 0 Å². The second-order valence-electron chi connectivity index (χ2n) is 7.20. The van der Waals surface area contributed by atoms with E-state index < -0.39 is 59.1 Å². The highest BCUT2D eigenvalue weighted by molar-refractivity contribution is 6.02. The number of amides is 1. The van der Waals surface area contributed by atoms with Gasteiger partial charge in [-0.15, -0.1) is 0 Å². The fourth-order valence-electron chi connectivity index (χ4n) is 4.08. The van der Waals surface area contributed by atoms with Crippen LogP contribution < -0.4 is 20.5 Å². The Kier molecular flexibility index (Phi) is 5.89. The number of hydrogen-bond donors (Lipinski definition) is 2. The molecule has 1 saturated heterocycles. The molecule has 1 amide bonds. The van der Waals surface area contributed by atoms with Gasteiger partial charge in [0.05, 0.1) is 24.7 Å². The fourth-order valence-corrected chi connectivity index (χ4v) is 4.08. The van der Waals surface area contributed by atoms with E-state index in [9.17, 15) is 31.5 Å². The number of alkyl halides is 3. The first kappa shape index (κ1) is 23.4. The van der Waals surface area contributed by atoms with E-state index >= 15 is 0 Å². The van der Waals surface area contributed by atoms with Crippen molar-refractivity contribution in [2.24, 2.45) is 0 Å². The minimum Gasteiger partial charge on any atom is -0.491 e. The van der Waals surface area contributed by atoms with Crippen molar-refractivity contribution in [3.05, 3.63) is 46.4 Å². The number of carbonyl (C=O) groups is 1. The predicted molar refractivity (Wildman–Crippen MR) is 103 cm³/mol. The minimum atomic E-state index is -5.04. The molecule has 1 aromatic carbocycles. The number of halogens is 5. The van der Waals surface area contributed by atoms with E-state index in [1.165, 1.54) is 0 Å². The van der Waals surface area contributed by atoms with Gasteiger partial charge in [0, 0.05) is 26.1 Å². The third-order valence-corrected chi connectivity index (χ3v) is 5.71. The number of carbonyl (C=O) groups excluding carboxylic acids is 1. The summed E-state index contributed by atoms with van der Waals surface area (Å²) in [6.45, 7) is 0.556. The van der Waals surface area contributed by atoms with Gasteiger partial charge >= 0.3 is 6.18 Å². The molecule has 13 heteroatoms. The first-order chi connectivity index (χ1) is 14.9. The number of anilines is 2. The van der Waals surface area contributed by atoms with Crippen molar-refractivity contribution < 1.29 is 36.2 Å². The molecule has 0 saturated carbocycles. The standard InChI is InChI=1S/C19H19F5N4O4/c1-17(16(30)26-10-8-13(29)27-25-9-10)18(32-3,19(22,23)24)6-7-28(17)12-5-4-11(20)14(21)15(12)31-2/h4-5,8-9H,6-7H2,1-3H3,(H2,26,27,29,30). The molecule has 0 radical (unpaired) electrons. The maximum absolute atomic E-state index is 14.3. The van der Waals surface area contributed by atoms with Gasteiger partial charge in [0.15, 0.2) is 22.7 Å². The lowest BCUT2D eigenvalue weighted by atomic mass is 9.79. The van der Waals surface area contributed by atoms with Crippen LogP contribution in [0.25, 0.3) is 0 Å². The summed E-state index contributed by atoms with van der Waals surface area (Å²) in [7, 11) is 1.82. The molecular formula is C19H19F5N4O4. The van der Waals surface area contributed by atoms with Crippen LogP contribution in [-0.2, 0) is 9.53 Å². The number of aromatic nitrogens is 2. The number of ether oxygens (including phenoxy) is 2. The van der Waals surface area contributed by atoms with Crippen LogP contribution in [0.3, 0.4) is 0 Å². The van der Waals surface area contributed by atoms with Gasteiger partial charge in [-0.25, -0.2) is 9.49 Å². The monoisotopic (exact) mass is 462 g/mol. The third-order valence-electron chi connectivity index (χ3n) is 5.71. The average molecular weight is 462 g/mol. The van der Waals surface area contributed by atoms with Gasteiger partial charge in [0.1, 0.15) is 0 Å². The molecule has 2 N–H and O–H groups in total. The van der Waals surface area contributed by atoms with Gasteiger partial charge in [0.25, 0.3) is 11.5 Å². The van der Waals surface area contributed by atoms with Crippen LogP contribution in [-0.4, -0.2) is 54.2 Å². The van der Waals surface area contributed by atoms with E-state index in [-0.39, 0.29) is 11.4 Å². The van der Waals surface area contributed by atoms with Crippen LogP contribution in [0.2, 0.25) is 0 Å². The molecule has 2 atom stereocenters. The maximum atomic E-state index is 14.3. The molecule has 1 aliphatic rings. The number of H-pyrrole nitrogens is 1. The Labute approximate surface area is 178 Å². The van der Waals surface area contributed by atoms with Crippen molar-refractivity contribution in [2.75, 3.05) is 31.0 Å². The van der Waals surface area contributed by atoms with E-state index in [4.69, 9.17) is 9.47 Å². The van der Waals surface area contributed by atoms with Crippen molar-refractivity contribution in [3.8, 4) is 5.75 Å². The first-order valence-corrected chi connectivity index (χ1v) is 9.20. The van der Waals surface area contributed by atoms with E-state index in [0.29, 0.717) is 6.07 Å². The number of rotatable bonds is 5. The number of aromatic amines is 1. The van der Waals surface area contributed by atoms with Crippen LogP contribution in [0.4, 0.5) is 33.3 Å². The van der Waals surface area contributed by atoms with Crippen molar-refractivity contribution in [2.45, 2.75) is 30.7 Å². The van der Waals surface area contributed by atoms with E-state index in [2.05, 4.69) is 15.5 Å². The Bertz CT molecular complexity index is 1090. The van der Waals surface area contributed by atoms with Crippen LogP contribution in [0.5, 0.6) is 5.75 Å². The second kappa shape index (κ2) is 8.04. The normalized spacial score (nSPS) is 23.3. The molecule has 2 unspecified atom stereocenters. The molecule has 1 aromatic heterocycles. The molecule has 174 valence electrons. The maximum Gasteiger partial charge on any atom is 0.420 e. The van der Waals surface area contributed by atoms with Gasteiger partial charge < -0.3 is 19.7 Å². The molecule has 1 fully saturated rings. The lowest BCUT2D eigenvalue weighted by Crippen LogP contribution is -2.69. The lowest BCUT2D eigenvalue weighted by molar-refractivity contribution is -0.280. The van der Waals surface area contributed by atoms with Gasteiger partial charge in [-0.05, 0) is 19.1 Å². The number of hydrogen-bond acceptors (Lipinski definition) is 6. The average Bonchev–Trinajstić information content (AvgIpc) is 3.04. The molecule has 2 heterocycles. The van der Waals surface area contributed by atoms with Gasteiger partial charge in [-0.2, -0.15) is 22.7 Å². The summed E-state index contributed by atoms with van der Waals surface area (Å²) in [4.78, 5) is 25.7.